The summed E-state index contributed by atoms with van der Waals surface area (Å²) in [6.45, 7) is 2.34. The highest BCUT2D eigenvalue weighted by atomic mass is 16.1. The van der Waals surface area contributed by atoms with Gasteiger partial charge in [0.05, 0.1) is 18.0 Å². The Hall–Kier alpha value is -1.70. The van der Waals surface area contributed by atoms with E-state index in [-0.39, 0.29) is 17.7 Å². The molecule has 1 aromatic rings. The van der Waals surface area contributed by atoms with Gasteiger partial charge in [0.25, 0.3) is 0 Å². The summed E-state index contributed by atoms with van der Waals surface area (Å²) in [6, 6.07) is 11.7. The molecule has 4 rings (SSSR count). The van der Waals surface area contributed by atoms with Crippen molar-refractivity contribution in [1.29, 1.82) is 5.26 Å². The Morgan fingerprint density at radius 3 is 2.56 bits per heavy atom. The zero-order valence-electron chi connectivity index (χ0n) is 16.4. The number of hydrogen-bond acceptors (Lipinski definition) is 4. The maximum Gasteiger partial charge on any atom is 0.151 e. The SMILES string of the molecule is CN1CCC(c2ccc(C[C@@H](C#N)CC(=O)[C@H]3N[C@@H]4CC[C@H]3C4)cc2)CC1. The number of nitrogens with zero attached hydrogens (tertiary/aromatic N) is 2. The summed E-state index contributed by atoms with van der Waals surface area (Å²) >= 11 is 0. The highest BCUT2D eigenvalue weighted by Gasteiger charge is 2.42. The summed E-state index contributed by atoms with van der Waals surface area (Å²) in [6.07, 6.45) is 7.03. The standard InChI is InChI=1S/C23H31N3O/c1-26-10-8-19(9-11-26)18-4-2-16(3-5-18)12-17(15-24)13-22(27)23-20-6-7-21(14-20)25-23/h2-5,17,19-21,23,25H,6-14H2,1H3/t17-,20+,21-,23+/m1/s1. The molecule has 3 aliphatic rings. The number of carbonyl (C=O) groups is 1. The molecule has 0 amide bonds. The second kappa shape index (κ2) is 8.12. The van der Waals surface area contributed by atoms with Crippen molar-refractivity contribution in [3.05, 3.63) is 35.4 Å². The van der Waals surface area contributed by atoms with Gasteiger partial charge >= 0.3 is 0 Å². The van der Waals surface area contributed by atoms with E-state index in [9.17, 15) is 10.1 Å². The fourth-order valence-corrected chi connectivity index (χ4v) is 5.30. The lowest BCUT2D eigenvalue weighted by Gasteiger charge is -2.29. The van der Waals surface area contributed by atoms with E-state index in [0.717, 1.165) is 6.42 Å². The number of Topliss-reactive ketones (excluding diaryl/α,β-unsaturated/α-hetero) is 1. The average molecular weight is 366 g/mol. The Morgan fingerprint density at radius 2 is 1.96 bits per heavy atom. The van der Waals surface area contributed by atoms with Gasteiger partial charge in [0, 0.05) is 12.5 Å². The van der Waals surface area contributed by atoms with Crippen LogP contribution in [0, 0.1) is 23.2 Å². The molecule has 27 heavy (non-hydrogen) atoms. The van der Waals surface area contributed by atoms with Crippen molar-refractivity contribution >= 4 is 5.78 Å². The molecule has 1 N–H and O–H groups in total. The summed E-state index contributed by atoms with van der Waals surface area (Å²) in [5.41, 5.74) is 2.59. The number of nitriles is 1. The van der Waals surface area contributed by atoms with Gasteiger partial charge in [-0.1, -0.05) is 24.3 Å². The van der Waals surface area contributed by atoms with Gasteiger partial charge in [0.2, 0.25) is 0 Å². The fraction of sp³-hybridized carbons (Fsp3) is 0.652. The van der Waals surface area contributed by atoms with Crippen molar-refractivity contribution < 1.29 is 4.79 Å². The first-order chi connectivity index (χ1) is 13.1. The number of piperidine rings is 2. The van der Waals surface area contributed by atoms with Crippen LogP contribution in [0.1, 0.15) is 55.6 Å². The van der Waals surface area contributed by atoms with Crippen molar-refractivity contribution in [1.82, 2.24) is 10.2 Å². The van der Waals surface area contributed by atoms with Crippen LogP contribution >= 0.6 is 0 Å². The van der Waals surface area contributed by atoms with Crippen LogP contribution in [0.15, 0.2) is 24.3 Å². The van der Waals surface area contributed by atoms with Gasteiger partial charge in [0.1, 0.15) is 0 Å². The normalized spacial score (nSPS) is 29.6. The molecule has 2 aliphatic heterocycles. The maximum atomic E-state index is 12.7. The van der Waals surface area contributed by atoms with Crippen LogP contribution in [-0.2, 0) is 11.2 Å². The molecule has 2 bridgehead atoms. The second-order valence-electron chi connectivity index (χ2n) is 8.93. The largest absolute Gasteiger partial charge is 0.306 e. The predicted molar refractivity (Wildman–Crippen MR) is 106 cm³/mol. The van der Waals surface area contributed by atoms with Crippen LogP contribution in [0.3, 0.4) is 0 Å². The number of rotatable bonds is 6. The molecule has 0 aromatic heterocycles. The number of ketones is 1. The zero-order chi connectivity index (χ0) is 18.8. The van der Waals surface area contributed by atoms with Crippen LogP contribution < -0.4 is 5.32 Å². The molecule has 144 valence electrons. The summed E-state index contributed by atoms with van der Waals surface area (Å²) in [7, 11) is 2.19. The number of fused-ring (bicyclic) bond motifs is 2. The van der Waals surface area contributed by atoms with E-state index in [1.165, 1.54) is 49.9 Å². The molecule has 1 aliphatic carbocycles. The molecule has 2 heterocycles. The minimum absolute atomic E-state index is 0.00593. The van der Waals surface area contributed by atoms with Crippen molar-refractivity contribution in [2.45, 2.75) is 62.9 Å². The Bertz CT molecular complexity index is 699. The molecule has 0 spiro atoms. The minimum Gasteiger partial charge on any atom is -0.306 e. The van der Waals surface area contributed by atoms with E-state index in [4.69, 9.17) is 0 Å². The highest BCUT2D eigenvalue weighted by molar-refractivity contribution is 5.85. The molecular weight excluding hydrogens is 334 g/mol. The molecular formula is C23H31N3O. The van der Waals surface area contributed by atoms with Crippen LogP contribution in [0.4, 0.5) is 0 Å². The molecule has 4 heteroatoms. The van der Waals surface area contributed by atoms with Crippen molar-refractivity contribution in [3.63, 3.8) is 0 Å². The van der Waals surface area contributed by atoms with Gasteiger partial charge in [-0.2, -0.15) is 5.26 Å². The topological polar surface area (TPSA) is 56.1 Å². The predicted octanol–water partition coefficient (Wildman–Crippen LogP) is 3.28. The lowest BCUT2D eigenvalue weighted by atomic mass is 9.87. The fourth-order valence-electron chi connectivity index (χ4n) is 5.30. The number of carbonyl (C=O) groups excluding carboxylic acids is 1. The van der Waals surface area contributed by atoms with Gasteiger partial charge in [-0.25, -0.2) is 0 Å². The number of nitrogens with one attached hydrogen (secondary N) is 1. The quantitative estimate of drug-likeness (QED) is 0.840. The zero-order valence-corrected chi connectivity index (χ0v) is 16.4. The van der Waals surface area contributed by atoms with Gasteiger partial charge < -0.3 is 10.2 Å². The van der Waals surface area contributed by atoms with Crippen molar-refractivity contribution in [3.8, 4) is 6.07 Å². The van der Waals surface area contributed by atoms with Crippen molar-refractivity contribution in [2.24, 2.45) is 11.8 Å². The first kappa shape index (κ1) is 18.7. The van der Waals surface area contributed by atoms with Crippen LogP contribution in [0.25, 0.3) is 0 Å². The Kier molecular flexibility index (Phi) is 5.61. The van der Waals surface area contributed by atoms with E-state index in [0.29, 0.717) is 30.7 Å². The van der Waals surface area contributed by atoms with Gasteiger partial charge in [-0.05, 0) is 81.6 Å². The molecule has 1 saturated carbocycles. The lowest BCUT2D eigenvalue weighted by molar-refractivity contribution is -0.122. The van der Waals surface area contributed by atoms with Gasteiger partial charge in [-0.15, -0.1) is 0 Å². The third kappa shape index (κ3) is 4.25. The number of likely N-dealkylation sites (tertiary alicyclic amines) is 1. The Morgan fingerprint density at radius 1 is 1.22 bits per heavy atom. The third-order valence-corrected chi connectivity index (χ3v) is 6.99. The van der Waals surface area contributed by atoms with Crippen LogP contribution in [-0.4, -0.2) is 42.9 Å². The monoisotopic (exact) mass is 365 g/mol. The third-order valence-electron chi connectivity index (χ3n) is 6.99. The molecule has 4 nitrogen and oxygen atoms in total. The average Bonchev–Trinajstić information content (AvgIpc) is 3.32. The summed E-state index contributed by atoms with van der Waals surface area (Å²) < 4.78 is 0. The van der Waals surface area contributed by atoms with E-state index in [1.807, 2.05) is 0 Å². The van der Waals surface area contributed by atoms with E-state index < -0.39 is 0 Å². The Labute approximate surface area is 162 Å². The van der Waals surface area contributed by atoms with E-state index in [2.05, 4.69) is 47.6 Å². The summed E-state index contributed by atoms with van der Waals surface area (Å²) in [4.78, 5) is 15.1. The Balaban J connectivity index is 1.32. The van der Waals surface area contributed by atoms with Gasteiger partial charge in [-0.3, -0.25) is 4.79 Å². The van der Waals surface area contributed by atoms with E-state index >= 15 is 0 Å². The first-order valence-corrected chi connectivity index (χ1v) is 10.6. The van der Waals surface area contributed by atoms with Crippen LogP contribution in [0.5, 0.6) is 0 Å². The summed E-state index contributed by atoms with van der Waals surface area (Å²) in [5.74, 6) is 1.20. The van der Waals surface area contributed by atoms with Gasteiger partial charge in [0.15, 0.2) is 5.78 Å². The smallest absolute Gasteiger partial charge is 0.151 e. The molecule has 2 saturated heterocycles. The van der Waals surface area contributed by atoms with E-state index in [1.54, 1.807) is 0 Å². The molecule has 3 fully saturated rings. The molecule has 0 unspecified atom stereocenters. The van der Waals surface area contributed by atoms with Crippen LogP contribution in [0.2, 0.25) is 0 Å². The second-order valence-corrected chi connectivity index (χ2v) is 8.93. The number of hydrogen-bond donors (Lipinski definition) is 1. The molecule has 4 atom stereocenters. The first-order valence-electron chi connectivity index (χ1n) is 10.6. The highest BCUT2D eigenvalue weighted by Crippen LogP contribution is 2.36. The maximum absolute atomic E-state index is 12.7. The molecule has 0 radical (unpaired) electrons. The number of benzene rings is 1. The minimum atomic E-state index is -0.215. The van der Waals surface area contributed by atoms with Crippen molar-refractivity contribution in [2.75, 3.05) is 20.1 Å². The summed E-state index contributed by atoms with van der Waals surface area (Å²) in [5, 5.41) is 13.0. The lowest BCUT2D eigenvalue weighted by Crippen LogP contribution is -2.42. The molecule has 1 aromatic carbocycles.